The average molecular weight is 413 g/mol. The summed E-state index contributed by atoms with van der Waals surface area (Å²) in [5.74, 6) is -0.956. The molecule has 0 bridgehead atoms. The van der Waals surface area contributed by atoms with Crippen molar-refractivity contribution in [2.24, 2.45) is 0 Å². The lowest BCUT2D eigenvalue weighted by atomic mass is 10.2. The first kappa shape index (κ1) is 16.7. The standard InChI is InChI=1S/C13H9BrCl2FNO2S/c14-9-4-2-1-3-8(9)7-18-21(19,20)11-6-5-10(15)13(17)12(11)16/h1-6,18H,7H2. The molecule has 0 aromatic heterocycles. The monoisotopic (exact) mass is 411 g/mol. The zero-order valence-electron chi connectivity index (χ0n) is 10.4. The molecule has 0 heterocycles. The molecule has 21 heavy (non-hydrogen) atoms. The summed E-state index contributed by atoms with van der Waals surface area (Å²) in [5, 5.41) is -0.758. The fourth-order valence-corrected chi connectivity index (χ4v) is 3.78. The maximum absolute atomic E-state index is 13.6. The Bertz CT molecular complexity index is 784. The van der Waals surface area contributed by atoms with E-state index in [1.54, 1.807) is 18.2 Å². The molecule has 0 aliphatic rings. The molecule has 2 aromatic carbocycles. The van der Waals surface area contributed by atoms with E-state index >= 15 is 0 Å². The highest BCUT2D eigenvalue weighted by Crippen LogP contribution is 2.29. The highest BCUT2D eigenvalue weighted by Gasteiger charge is 2.21. The number of rotatable bonds is 4. The van der Waals surface area contributed by atoms with E-state index in [1.165, 1.54) is 0 Å². The average Bonchev–Trinajstić information content (AvgIpc) is 2.44. The van der Waals surface area contributed by atoms with E-state index in [2.05, 4.69) is 20.7 Å². The Morgan fingerprint density at radius 3 is 2.48 bits per heavy atom. The zero-order chi connectivity index (χ0) is 15.6. The summed E-state index contributed by atoms with van der Waals surface area (Å²) in [5.41, 5.74) is 0.742. The van der Waals surface area contributed by atoms with Crippen LogP contribution in [0.3, 0.4) is 0 Å². The molecule has 0 radical (unpaired) electrons. The van der Waals surface area contributed by atoms with Crippen LogP contribution in [-0.2, 0) is 16.6 Å². The third-order valence-corrected chi connectivity index (χ3v) is 5.69. The number of hydrogen-bond acceptors (Lipinski definition) is 2. The van der Waals surface area contributed by atoms with E-state index in [0.29, 0.717) is 0 Å². The van der Waals surface area contributed by atoms with Crippen molar-refractivity contribution in [1.82, 2.24) is 4.72 Å². The van der Waals surface area contributed by atoms with Crippen LogP contribution in [0.15, 0.2) is 45.8 Å². The van der Waals surface area contributed by atoms with Crippen molar-refractivity contribution in [3.8, 4) is 0 Å². The summed E-state index contributed by atoms with van der Waals surface area (Å²) in [7, 11) is -3.95. The second kappa shape index (κ2) is 6.62. The topological polar surface area (TPSA) is 46.2 Å². The van der Waals surface area contributed by atoms with Crippen LogP contribution in [0, 0.1) is 5.82 Å². The summed E-state index contributed by atoms with van der Waals surface area (Å²) < 4.78 is 41.1. The number of benzene rings is 2. The smallest absolute Gasteiger partial charge is 0.207 e. The fraction of sp³-hybridized carbons (Fsp3) is 0.0769. The third kappa shape index (κ3) is 3.76. The molecule has 0 fully saturated rings. The maximum atomic E-state index is 13.6. The van der Waals surface area contributed by atoms with Crippen LogP contribution >= 0.6 is 39.1 Å². The van der Waals surface area contributed by atoms with Gasteiger partial charge in [0.1, 0.15) is 4.90 Å². The molecule has 0 unspecified atom stereocenters. The molecule has 0 aliphatic heterocycles. The molecule has 0 saturated carbocycles. The van der Waals surface area contributed by atoms with Gasteiger partial charge in [-0.15, -0.1) is 0 Å². The lowest BCUT2D eigenvalue weighted by molar-refractivity contribution is 0.577. The number of hydrogen-bond donors (Lipinski definition) is 1. The Hall–Kier alpha value is -0.660. The van der Waals surface area contributed by atoms with E-state index in [4.69, 9.17) is 23.2 Å². The van der Waals surface area contributed by atoms with Crippen LogP contribution in [0.4, 0.5) is 4.39 Å². The highest BCUT2D eigenvalue weighted by atomic mass is 79.9. The van der Waals surface area contributed by atoms with E-state index in [0.717, 1.165) is 22.2 Å². The second-order valence-corrected chi connectivity index (χ2v) is 7.46. The van der Waals surface area contributed by atoms with Gasteiger partial charge in [-0.1, -0.05) is 57.3 Å². The molecule has 0 atom stereocenters. The molecule has 0 spiro atoms. The molecular formula is C13H9BrCl2FNO2S. The number of halogens is 4. The van der Waals surface area contributed by atoms with Crippen molar-refractivity contribution in [1.29, 1.82) is 0 Å². The molecule has 0 amide bonds. The summed E-state index contributed by atoms with van der Waals surface area (Å²) in [6.07, 6.45) is 0. The Morgan fingerprint density at radius 2 is 1.81 bits per heavy atom. The molecular weight excluding hydrogens is 404 g/mol. The Morgan fingerprint density at radius 1 is 1.14 bits per heavy atom. The van der Waals surface area contributed by atoms with Gasteiger partial charge < -0.3 is 0 Å². The zero-order valence-corrected chi connectivity index (χ0v) is 14.3. The summed E-state index contributed by atoms with van der Waals surface area (Å²) >= 11 is 14.6. The fourth-order valence-electron chi connectivity index (χ4n) is 1.61. The first-order valence-corrected chi connectivity index (χ1v) is 8.72. The SMILES string of the molecule is O=S(=O)(NCc1ccccc1Br)c1ccc(Cl)c(F)c1Cl. The summed E-state index contributed by atoms with van der Waals surface area (Å²) in [4.78, 5) is -0.349. The van der Waals surface area contributed by atoms with E-state index in [1.807, 2.05) is 6.07 Å². The Labute approximate surface area is 140 Å². The first-order valence-electron chi connectivity index (χ1n) is 5.69. The Kier molecular flexibility index (Phi) is 5.27. The maximum Gasteiger partial charge on any atom is 0.242 e. The van der Waals surface area contributed by atoms with Crippen LogP contribution in [-0.4, -0.2) is 8.42 Å². The van der Waals surface area contributed by atoms with Crippen LogP contribution in [0.25, 0.3) is 0 Å². The Balaban J connectivity index is 2.28. The van der Waals surface area contributed by atoms with Gasteiger partial charge >= 0.3 is 0 Å². The number of sulfonamides is 1. The van der Waals surface area contributed by atoms with E-state index < -0.39 is 20.9 Å². The predicted octanol–water partition coefficient (Wildman–Crippen LogP) is 4.37. The molecule has 2 rings (SSSR count). The van der Waals surface area contributed by atoms with Crippen molar-refractivity contribution >= 4 is 49.2 Å². The lowest BCUT2D eigenvalue weighted by Crippen LogP contribution is -2.24. The van der Waals surface area contributed by atoms with E-state index in [9.17, 15) is 12.8 Å². The van der Waals surface area contributed by atoms with Crippen LogP contribution < -0.4 is 4.72 Å². The van der Waals surface area contributed by atoms with Crippen LogP contribution in [0.1, 0.15) is 5.56 Å². The highest BCUT2D eigenvalue weighted by molar-refractivity contribution is 9.10. The van der Waals surface area contributed by atoms with Gasteiger partial charge in [0.25, 0.3) is 0 Å². The minimum Gasteiger partial charge on any atom is -0.207 e. The lowest BCUT2D eigenvalue weighted by Gasteiger charge is -2.10. The molecule has 1 N–H and O–H groups in total. The van der Waals surface area contributed by atoms with Gasteiger partial charge in [0.15, 0.2) is 5.82 Å². The minimum atomic E-state index is -3.95. The summed E-state index contributed by atoms with van der Waals surface area (Å²) in [6.45, 7) is 0.0460. The molecule has 3 nitrogen and oxygen atoms in total. The second-order valence-electron chi connectivity index (χ2n) is 4.09. The van der Waals surface area contributed by atoms with Gasteiger partial charge in [-0.05, 0) is 23.8 Å². The van der Waals surface area contributed by atoms with Crippen LogP contribution in [0.2, 0.25) is 10.0 Å². The molecule has 8 heteroatoms. The van der Waals surface area contributed by atoms with Crippen molar-refractivity contribution < 1.29 is 12.8 Å². The number of nitrogens with one attached hydrogen (secondary N) is 1. The van der Waals surface area contributed by atoms with Gasteiger partial charge in [-0.25, -0.2) is 17.5 Å². The molecule has 2 aromatic rings. The van der Waals surface area contributed by atoms with Gasteiger partial charge in [-0.2, -0.15) is 0 Å². The van der Waals surface area contributed by atoms with Crippen molar-refractivity contribution in [2.45, 2.75) is 11.4 Å². The molecule has 112 valence electrons. The van der Waals surface area contributed by atoms with Gasteiger partial charge in [0.05, 0.1) is 10.0 Å². The summed E-state index contributed by atoms with van der Waals surface area (Å²) in [6, 6.07) is 9.46. The van der Waals surface area contributed by atoms with Crippen molar-refractivity contribution in [2.75, 3.05) is 0 Å². The largest absolute Gasteiger partial charge is 0.242 e. The third-order valence-electron chi connectivity index (χ3n) is 2.70. The van der Waals surface area contributed by atoms with E-state index in [-0.39, 0.29) is 16.5 Å². The predicted molar refractivity (Wildman–Crippen MR) is 84.6 cm³/mol. The quantitative estimate of drug-likeness (QED) is 0.757. The molecule has 0 aliphatic carbocycles. The van der Waals surface area contributed by atoms with Gasteiger partial charge in [-0.3, -0.25) is 0 Å². The van der Waals surface area contributed by atoms with Crippen molar-refractivity contribution in [3.63, 3.8) is 0 Å². The van der Waals surface area contributed by atoms with Crippen LogP contribution in [0.5, 0.6) is 0 Å². The van der Waals surface area contributed by atoms with Gasteiger partial charge in [0.2, 0.25) is 10.0 Å². The minimum absolute atomic E-state index is 0.0460. The van der Waals surface area contributed by atoms with Crippen molar-refractivity contribution in [3.05, 3.63) is 62.3 Å². The first-order chi connectivity index (χ1) is 9.83. The molecule has 0 saturated heterocycles. The van der Waals surface area contributed by atoms with Gasteiger partial charge in [0, 0.05) is 11.0 Å². The normalized spacial score (nSPS) is 11.6.